The molecule has 1 atom stereocenters. The summed E-state index contributed by atoms with van der Waals surface area (Å²) in [4.78, 5) is 2.29. The van der Waals surface area contributed by atoms with E-state index < -0.39 is 0 Å². The summed E-state index contributed by atoms with van der Waals surface area (Å²) in [6.45, 7) is 6.32. The summed E-state index contributed by atoms with van der Waals surface area (Å²) in [5.74, 6) is 0.916. The second-order valence-electron chi connectivity index (χ2n) is 5.33. The van der Waals surface area contributed by atoms with E-state index in [-0.39, 0.29) is 0 Å². The Morgan fingerprint density at radius 2 is 2.35 bits per heavy atom. The van der Waals surface area contributed by atoms with Crippen LogP contribution in [0.4, 0.5) is 0 Å². The van der Waals surface area contributed by atoms with E-state index in [4.69, 9.17) is 15.7 Å². The molecule has 1 heterocycles. The van der Waals surface area contributed by atoms with Crippen LogP contribution in [0.2, 0.25) is 0 Å². The van der Waals surface area contributed by atoms with Gasteiger partial charge in [-0.3, -0.25) is 4.90 Å². The molecule has 17 heavy (non-hydrogen) atoms. The fraction of sp³-hybridized carbons (Fsp3) is 0.917. The minimum Gasteiger partial charge on any atom is -0.409 e. The van der Waals surface area contributed by atoms with Crippen molar-refractivity contribution in [2.75, 3.05) is 32.8 Å². The molecule has 5 nitrogen and oxygen atoms in total. The fourth-order valence-corrected chi connectivity index (χ4v) is 3.21. The van der Waals surface area contributed by atoms with Gasteiger partial charge in [0.1, 0.15) is 0 Å². The third-order valence-electron chi connectivity index (χ3n) is 4.27. The SMILES string of the molecule is CCOCC1CN(C/C(N)=N/O)CC12CCC2. The van der Waals surface area contributed by atoms with Gasteiger partial charge in [-0.1, -0.05) is 11.6 Å². The van der Waals surface area contributed by atoms with Gasteiger partial charge in [-0.05, 0) is 25.2 Å². The quantitative estimate of drug-likeness (QED) is 0.324. The zero-order valence-electron chi connectivity index (χ0n) is 10.6. The van der Waals surface area contributed by atoms with Crippen LogP contribution in [0.15, 0.2) is 5.16 Å². The van der Waals surface area contributed by atoms with Crippen LogP contribution in [0, 0.1) is 11.3 Å². The lowest BCUT2D eigenvalue weighted by atomic mass is 9.63. The van der Waals surface area contributed by atoms with Crippen molar-refractivity contribution in [3.63, 3.8) is 0 Å². The molecule has 1 spiro atoms. The summed E-state index contributed by atoms with van der Waals surface area (Å²) in [7, 11) is 0. The second-order valence-corrected chi connectivity index (χ2v) is 5.33. The first kappa shape index (κ1) is 12.6. The van der Waals surface area contributed by atoms with Crippen molar-refractivity contribution in [2.45, 2.75) is 26.2 Å². The maximum Gasteiger partial charge on any atom is 0.153 e. The highest BCUT2D eigenvalue weighted by Crippen LogP contribution is 2.51. The summed E-state index contributed by atoms with van der Waals surface area (Å²) in [5, 5.41) is 11.7. The average molecular weight is 241 g/mol. The Labute approximate surface area is 103 Å². The zero-order valence-corrected chi connectivity index (χ0v) is 10.6. The summed E-state index contributed by atoms with van der Waals surface area (Å²) in [6.07, 6.45) is 3.94. The molecule has 2 aliphatic rings. The molecule has 3 N–H and O–H groups in total. The van der Waals surface area contributed by atoms with Gasteiger partial charge in [0.25, 0.3) is 0 Å². The molecule has 1 saturated carbocycles. The third-order valence-corrected chi connectivity index (χ3v) is 4.27. The van der Waals surface area contributed by atoms with Gasteiger partial charge in [-0.25, -0.2) is 0 Å². The normalized spacial score (nSPS) is 28.5. The minimum absolute atomic E-state index is 0.302. The molecule has 5 heteroatoms. The Bertz CT molecular complexity index is 289. The summed E-state index contributed by atoms with van der Waals surface area (Å²) in [5.41, 5.74) is 6.02. The third kappa shape index (κ3) is 2.55. The maximum absolute atomic E-state index is 8.62. The molecular formula is C12H23N3O2. The Hall–Kier alpha value is -0.810. The zero-order chi connectivity index (χ0) is 12.3. The number of nitrogens with zero attached hydrogens (tertiary/aromatic N) is 2. The summed E-state index contributed by atoms with van der Waals surface area (Å²) < 4.78 is 5.59. The second kappa shape index (κ2) is 5.23. The van der Waals surface area contributed by atoms with Crippen LogP contribution in [0.25, 0.3) is 0 Å². The maximum atomic E-state index is 8.62. The summed E-state index contributed by atoms with van der Waals surface area (Å²) in [6, 6.07) is 0. The molecule has 1 unspecified atom stereocenters. The van der Waals surface area contributed by atoms with E-state index >= 15 is 0 Å². The molecular weight excluding hydrogens is 218 g/mol. The molecule has 2 rings (SSSR count). The van der Waals surface area contributed by atoms with E-state index in [0.29, 0.717) is 23.7 Å². The number of nitrogens with two attached hydrogens (primary N) is 1. The molecule has 98 valence electrons. The van der Waals surface area contributed by atoms with Gasteiger partial charge < -0.3 is 15.7 Å². The molecule has 1 aliphatic heterocycles. The Morgan fingerprint density at radius 3 is 2.88 bits per heavy atom. The van der Waals surface area contributed by atoms with E-state index in [2.05, 4.69) is 10.1 Å². The number of ether oxygens (including phenoxy) is 1. The van der Waals surface area contributed by atoms with Crippen LogP contribution in [0.3, 0.4) is 0 Å². The van der Waals surface area contributed by atoms with E-state index in [9.17, 15) is 0 Å². The van der Waals surface area contributed by atoms with Crippen LogP contribution < -0.4 is 5.73 Å². The lowest BCUT2D eigenvalue weighted by Gasteiger charge is -2.43. The van der Waals surface area contributed by atoms with Gasteiger partial charge in [-0.15, -0.1) is 0 Å². The highest BCUT2D eigenvalue weighted by molar-refractivity contribution is 5.81. The first-order chi connectivity index (χ1) is 8.20. The van der Waals surface area contributed by atoms with Crippen LogP contribution in [-0.2, 0) is 4.74 Å². The van der Waals surface area contributed by atoms with Crippen molar-refractivity contribution in [1.82, 2.24) is 4.90 Å². The smallest absolute Gasteiger partial charge is 0.153 e. The van der Waals surface area contributed by atoms with Gasteiger partial charge in [0.15, 0.2) is 5.84 Å². The molecule has 0 aromatic heterocycles. The fourth-order valence-electron chi connectivity index (χ4n) is 3.21. The van der Waals surface area contributed by atoms with Crippen LogP contribution in [-0.4, -0.2) is 48.8 Å². The highest BCUT2D eigenvalue weighted by atomic mass is 16.5. The van der Waals surface area contributed by atoms with Crippen LogP contribution >= 0.6 is 0 Å². The van der Waals surface area contributed by atoms with Crippen molar-refractivity contribution in [1.29, 1.82) is 0 Å². The highest BCUT2D eigenvalue weighted by Gasteiger charge is 2.50. The monoisotopic (exact) mass is 241 g/mol. The van der Waals surface area contributed by atoms with Crippen molar-refractivity contribution in [3.8, 4) is 0 Å². The van der Waals surface area contributed by atoms with Gasteiger partial charge in [0, 0.05) is 25.6 Å². The largest absolute Gasteiger partial charge is 0.409 e. The molecule has 2 fully saturated rings. The number of rotatable bonds is 5. The lowest BCUT2D eigenvalue weighted by Crippen LogP contribution is -2.40. The van der Waals surface area contributed by atoms with E-state index in [0.717, 1.165) is 26.3 Å². The standard InChI is InChI=1S/C12H23N3O2/c1-2-17-8-10-6-15(7-11(13)14-16)9-12(10)4-3-5-12/h10,16H,2-9H2,1H3,(H2,13,14). The predicted molar refractivity (Wildman–Crippen MR) is 66.1 cm³/mol. The number of hydrogen-bond donors (Lipinski definition) is 2. The van der Waals surface area contributed by atoms with Crippen molar-refractivity contribution in [3.05, 3.63) is 0 Å². The van der Waals surface area contributed by atoms with Crippen molar-refractivity contribution < 1.29 is 9.94 Å². The van der Waals surface area contributed by atoms with Crippen molar-refractivity contribution >= 4 is 5.84 Å². The molecule has 0 amide bonds. The first-order valence-electron chi connectivity index (χ1n) is 6.46. The molecule has 0 aromatic carbocycles. The van der Waals surface area contributed by atoms with Crippen molar-refractivity contribution in [2.24, 2.45) is 22.2 Å². The minimum atomic E-state index is 0.302. The van der Waals surface area contributed by atoms with Gasteiger partial charge in [-0.2, -0.15) is 0 Å². The van der Waals surface area contributed by atoms with Gasteiger partial charge >= 0.3 is 0 Å². The molecule has 1 saturated heterocycles. The predicted octanol–water partition coefficient (Wildman–Crippen LogP) is 0.871. The van der Waals surface area contributed by atoms with E-state index in [1.807, 2.05) is 6.92 Å². The Morgan fingerprint density at radius 1 is 1.59 bits per heavy atom. The molecule has 1 aliphatic carbocycles. The number of oxime groups is 1. The van der Waals surface area contributed by atoms with Gasteiger partial charge in [0.05, 0.1) is 13.2 Å². The number of amidine groups is 1. The molecule has 0 bridgehead atoms. The van der Waals surface area contributed by atoms with E-state index in [1.54, 1.807) is 0 Å². The number of hydrogen-bond acceptors (Lipinski definition) is 4. The Kier molecular flexibility index (Phi) is 3.89. The van der Waals surface area contributed by atoms with Crippen LogP contribution in [0.1, 0.15) is 26.2 Å². The topological polar surface area (TPSA) is 71.1 Å². The Balaban J connectivity index is 1.92. The summed E-state index contributed by atoms with van der Waals surface area (Å²) >= 11 is 0. The van der Waals surface area contributed by atoms with Gasteiger partial charge in [0.2, 0.25) is 0 Å². The number of likely N-dealkylation sites (tertiary alicyclic amines) is 1. The lowest BCUT2D eigenvalue weighted by molar-refractivity contribution is 0.0224. The first-order valence-corrected chi connectivity index (χ1v) is 6.46. The average Bonchev–Trinajstić information content (AvgIpc) is 2.64. The van der Waals surface area contributed by atoms with Crippen LogP contribution in [0.5, 0.6) is 0 Å². The molecule has 0 aromatic rings. The molecule has 0 radical (unpaired) electrons. The van der Waals surface area contributed by atoms with E-state index in [1.165, 1.54) is 19.3 Å².